The normalized spacial score (nSPS) is 12.8. The van der Waals surface area contributed by atoms with Gasteiger partial charge < -0.3 is 14.6 Å². The second-order valence-electron chi connectivity index (χ2n) is 3.29. The molecule has 0 aliphatic rings. The van der Waals surface area contributed by atoms with E-state index in [-0.39, 0.29) is 17.6 Å². The van der Waals surface area contributed by atoms with Crippen LogP contribution in [0.2, 0.25) is 0 Å². The van der Waals surface area contributed by atoms with Crippen LogP contribution in [0.15, 0.2) is 11.1 Å². The number of hydrogen-bond donors (Lipinski definition) is 1. The first-order valence-corrected chi connectivity index (χ1v) is 4.82. The van der Waals surface area contributed by atoms with Crippen LogP contribution < -0.4 is 0 Å². The highest BCUT2D eigenvalue weighted by atomic mass is 16.6. The van der Waals surface area contributed by atoms with E-state index in [2.05, 4.69) is 4.74 Å². The summed E-state index contributed by atoms with van der Waals surface area (Å²) in [6.07, 6.45) is -1.42. The molecule has 1 N–H and O–H groups in total. The molecule has 92 valence electrons. The van der Waals surface area contributed by atoms with Gasteiger partial charge in [-0.05, 0) is 5.57 Å². The molecule has 6 nitrogen and oxygen atoms in total. The van der Waals surface area contributed by atoms with Crippen molar-refractivity contribution in [3.8, 4) is 12.1 Å². The average Bonchev–Trinajstić information content (AvgIpc) is 2.36. The van der Waals surface area contributed by atoms with Gasteiger partial charge in [-0.25, -0.2) is 0 Å². The Morgan fingerprint density at radius 2 is 1.88 bits per heavy atom. The van der Waals surface area contributed by atoms with Crippen molar-refractivity contribution in [3.63, 3.8) is 0 Å². The van der Waals surface area contributed by atoms with Crippen molar-refractivity contribution < 1.29 is 19.4 Å². The third kappa shape index (κ3) is 4.23. The van der Waals surface area contributed by atoms with Gasteiger partial charge in [0.25, 0.3) is 0 Å². The van der Waals surface area contributed by atoms with Crippen LogP contribution >= 0.6 is 0 Å². The van der Waals surface area contributed by atoms with Crippen molar-refractivity contribution >= 4 is 5.97 Å². The number of carbonyl (C=O) groups is 1. The topological polar surface area (TPSA) is 103 Å². The molecule has 0 saturated heterocycles. The zero-order chi connectivity index (χ0) is 13.4. The molecule has 0 aliphatic carbocycles. The second-order valence-corrected chi connectivity index (χ2v) is 3.29. The van der Waals surface area contributed by atoms with Crippen molar-refractivity contribution in [2.75, 3.05) is 14.2 Å². The molecule has 0 fully saturated rings. The first kappa shape index (κ1) is 15.1. The molecule has 0 aromatic heterocycles. The summed E-state index contributed by atoms with van der Waals surface area (Å²) in [7, 11) is 2.49. The number of carbonyl (C=O) groups excluding carboxylic acids is 1. The number of esters is 1. The Labute approximate surface area is 99.7 Å². The zero-order valence-corrected chi connectivity index (χ0v) is 9.93. The third-order valence-electron chi connectivity index (χ3n) is 2.33. The van der Waals surface area contributed by atoms with Crippen molar-refractivity contribution in [1.29, 1.82) is 10.5 Å². The van der Waals surface area contributed by atoms with E-state index >= 15 is 0 Å². The lowest BCUT2D eigenvalue weighted by atomic mass is 9.93. The lowest BCUT2D eigenvalue weighted by Gasteiger charge is -2.20. The molecule has 2 unspecified atom stereocenters. The molecule has 2 atom stereocenters. The average molecular weight is 238 g/mol. The van der Waals surface area contributed by atoms with Crippen LogP contribution in [0.5, 0.6) is 0 Å². The van der Waals surface area contributed by atoms with Gasteiger partial charge in [-0.2, -0.15) is 10.5 Å². The fraction of sp³-hybridized carbons (Fsp3) is 0.545. The number of ether oxygens (including phenoxy) is 2. The molecule has 0 amide bonds. The van der Waals surface area contributed by atoms with Gasteiger partial charge in [-0.15, -0.1) is 0 Å². The number of methoxy groups -OCH3 is 2. The van der Waals surface area contributed by atoms with E-state index in [9.17, 15) is 9.90 Å². The third-order valence-corrected chi connectivity index (χ3v) is 2.33. The van der Waals surface area contributed by atoms with Gasteiger partial charge in [0.1, 0.15) is 17.7 Å². The Morgan fingerprint density at radius 3 is 2.24 bits per heavy atom. The summed E-state index contributed by atoms with van der Waals surface area (Å²) < 4.78 is 9.17. The molecule has 0 aromatic carbocycles. The molecule has 0 radical (unpaired) electrons. The summed E-state index contributed by atoms with van der Waals surface area (Å²) in [5, 5.41) is 27.1. The lowest BCUT2D eigenvalue weighted by molar-refractivity contribution is -0.140. The molecule has 17 heavy (non-hydrogen) atoms. The minimum absolute atomic E-state index is 0.205. The molecular weight excluding hydrogens is 224 g/mol. The Hall–Kier alpha value is -1.89. The standard InChI is InChI=1S/C11H14N2O4/c1-7(11(15)17-3)9(4-10(14)16-2)8(5-12)6-13/h7,11,15H,4H2,1-3H3. The van der Waals surface area contributed by atoms with Gasteiger partial charge in [-0.3, -0.25) is 4.79 Å². The van der Waals surface area contributed by atoms with Crippen molar-refractivity contribution in [2.24, 2.45) is 5.92 Å². The van der Waals surface area contributed by atoms with Gasteiger partial charge in [0.2, 0.25) is 0 Å². The van der Waals surface area contributed by atoms with Crippen molar-refractivity contribution in [1.82, 2.24) is 0 Å². The number of nitrogens with zero attached hydrogens (tertiary/aromatic N) is 2. The molecule has 6 heteroatoms. The van der Waals surface area contributed by atoms with E-state index in [1.54, 1.807) is 19.1 Å². The molecule has 0 rings (SSSR count). The Morgan fingerprint density at radius 1 is 1.35 bits per heavy atom. The van der Waals surface area contributed by atoms with Gasteiger partial charge in [0.05, 0.1) is 13.5 Å². The Balaban J connectivity index is 5.28. The van der Waals surface area contributed by atoms with Crippen LogP contribution in [-0.4, -0.2) is 31.6 Å². The van der Waals surface area contributed by atoms with Gasteiger partial charge in [-0.1, -0.05) is 6.92 Å². The molecule has 0 aliphatic heterocycles. The van der Waals surface area contributed by atoms with E-state index in [0.29, 0.717) is 0 Å². The fourth-order valence-corrected chi connectivity index (χ4v) is 1.25. The highest BCUT2D eigenvalue weighted by molar-refractivity contribution is 5.73. The molecule has 0 bridgehead atoms. The summed E-state index contributed by atoms with van der Waals surface area (Å²) in [6, 6.07) is 3.37. The first-order chi connectivity index (χ1) is 8.01. The van der Waals surface area contributed by atoms with Crippen LogP contribution in [0, 0.1) is 28.6 Å². The van der Waals surface area contributed by atoms with Crippen LogP contribution in [0.3, 0.4) is 0 Å². The number of aliphatic hydroxyl groups excluding tert-OH is 1. The monoisotopic (exact) mass is 238 g/mol. The summed E-state index contributed by atoms with van der Waals surface area (Å²) in [5.74, 6) is -1.23. The molecule has 0 saturated carbocycles. The summed E-state index contributed by atoms with van der Waals surface area (Å²) in [4.78, 5) is 11.2. The fourth-order valence-electron chi connectivity index (χ4n) is 1.25. The zero-order valence-electron chi connectivity index (χ0n) is 9.93. The van der Waals surface area contributed by atoms with Crippen LogP contribution in [0.4, 0.5) is 0 Å². The van der Waals surface area contributed by atoms with Crippen molar-refractivity contribution in [2.45, 2.75) is 19.6 Å². The van der Waals surface area contributed by atoms with E-state index in [1.807, 2.05) is 0 Å². The van der Waals surface area contributed by atoms with E-state index < -0.39 is 18.2 Å². The summed E-state index contributed by atoms with van der Waals surface area (Å²) in [5.41, 5.74) is -0.00444. The maximum Gasteiger partial charge on any atom is 0.309 e. The van der Waals surface area contributed by atoms with Gasteiger partial charge in [0.15, 0.2) is 6.29 Å². The predicted molar refractivity (Wildman–Crippen MR) is 57.1 cm³/mol. The highest BCUT2D eigenvalue weighted by Crippen LogP contribution is 2.23. The number of allylic oxidation sites excluding steroid dienone is 1. The quantitative estimate of drug-likeness (QED) is 0.425. The molecule has 0 heterocycles. The minimum Gasteiger partial charge on any atom is -0.469 e. The number of aliphatic hydroxyl groups is 1. The summed E-state index contributed by atoms with van der Waals surface area (Å²) in [6.45, 7) is 1.56. The molecular formula is C11H14N2O4. The largest absolute Gasteiger partial charge is 0.469 e. The number of nitriles is 2. The predicted octanol–water partition coefficient (Wildman–Crippen LogP) is 0.494. The van der Waals surface area contributed by atoms with Crippen LogP contribution in [0.25, 0.3) is 0 Å². The smallest absolute Gasteiger partial charge is 0.309 e. The summed E-state index contributed by atoms with van der Waals surface area (Å²) >= 11 is 0. The highest BCUT2D eigenvalue weighted by Gasteiger charge is 2.24. The lowest BCUT2D eigenvalue weighted by Crippen LogP contribution is -2.23. The molecule has 0 spiro atoms. The maximum absolute atomic E-state index is 11.2. The Bertz CT molecular complexity index is 373. The number of rotatable bonds is 5. The molecule has 0 aromatic rings. The van der Waals surface area contributed by atoms with Crippen LogP contribution in [0.1, 0.15) is 13.3 Å². The van der Waals surface area contributed by atoms with E-state index in [4.69, 9.17) is 15.3 Å². The Kier molecular flexibility index (Phi) is 6.57. The number of hydrogen-bond acceptors (Lipinski definition) is 6. The second kappa shape index (κ2) is 7.39. The SMILES string of the molecule is COC(=O)CC(=C(C#N)C#N)C(C)C(O)OC. The van der Waals surface area contributed by atoms with Gasteiger partial charge >= 0.3 is 5.97 Å². The van der Waals surface area contributed by atoms with Crippen LogP contribution in [-0.2, 0) is 14.3 Å². The van der Waals surface area contributed by atoms with Gasteiger partial charge in [0, 0.05) is 13.0 Å². The van der Waals surface area contributed by atoms with E-state index in [0.717, 1.165) is 0 Å². The maximum atomic E-state index is 11.2. The van der Waals surface area contributed by atoms with E-state index in [1.165, 1.54) is 14.2 Å². The minimum atomic E-state index is -1.19. The first-order valence-electron chi connectivity index (χ1n) is 4.82. The van der Waals surface area contributed by atoms with Crippen molar-refractivity contribution in [3.05, 3.63) is 11.1 Å².